The van der Waals surface area contributed by atoms with E-state index in [1.807, 2.05) is 0 Å². The molecule has 0 saturated carbocycles. The predicted molar refractivity (Wildman–Crippen MR) is 87.9 cm³/mol. The minimum Gasteiger partial charge on any atom is -0.337 e. The van der Waals surface area contributed by atoms with Crippen molar-refractivity contribution >= 4 is 12.2 Å². The summed E-state index contributed by atoms with van der Waals surface area (Å²) in [6, 6.07) is 11.9. The Morgan fingerprint density at radius 3 is 2.76 bits per heavy atom. The molecule has 21 heavy (non-hydrogen) atoms. The van der Waals surface area contributed by atoms with Crippen LogP contribution in [0.5, 0.6) is 0 Å². The van der Waals surface area contributed by atoms with Crippen LogP contribution in [-0.4, -0.2) is 33.6 Å². The number of piperidine rings is 1. The molecule has 0 radical (unpaired) electrons. The zero-order valence-corrected chi connectivity index (χ0v) is 13.0. The van der Waals surface area contributed by atoms with Crippen LogP contribution in [0.3, 0.4) is 0 Å². The Morgan fingerprint density at radius 2 is 1.90 bits per heavy atom. The fourth-order valence-corrected chi connectivity index (χ4v) is 4.32. The van der Waals surface area contributed by atoms with Crippen LogP contribution in [0.25, 0.3) is 11.3 Å². The summed E-state index contributed by atoms with van der Waals surface area (Å²) >= 11 is 5.57. The number of hydrogen-bond acceptors (Lipinski definition) is 2. The zero-order chi connectivity index (χ0) is 14.2. The molecule has 4 heteroatoms. The second-order valence-corrected chi connectivity index (χ2v) is 6.61. The first kappa shape index (κ1) is 13.3. The van der Waals surface area contributed by atoms with Crippen LogP contribution in [0.4, 0.5) is 0 Å². The molecule has 0 aliphatic carbocycles. The number of nitrogens with one attached hydrogen (secondary N) is 1. The summed E-state index contributed by atoms with van der Waals surface area (Å²) in [5, 5.41) is 0. The number of imidazole rings is 1. The molecule has 3 heterocycles. The normalized spacial score (nSPS) is 25.9. The van der Waals surface area contributed by atoms with Crippen molar-refractivity contribution in [3.8, 4) is 11.3 Å². The number of aromatic nitrogens is 2. The van der Waals surface area contributed by atoms with Crippen LogP contribution in [0, 0.1) is 4.77 Å². The van der Waals surface area contributed by atoms with Gasteiger partial charge in [0.05, 0.1) is 5.69 Å². The Hall–Kier alpha value is -1.39. The summed E-state index contributed by atoms with van der Waals surface area (Å²) in [7, 11) is 0. The first-order valence-electron chi connectivity index (χ1n) is 7.92. The molecule has 2 aromatic rings. The van der Waals surface area contributed by atoms with E-state index in [0.29, 0.717) is 6.04 Å². The fourth-order valence-electron chi connectivity index (χ4n) is 4.01. The van der Waals surface area contributed by atoms with Crippen LogP contribution in [0.1, 0.15) is 31.7 Å². The second kappa shape index (κ2) is 5.43. The van der Waals surface area contributed by atoms with Crippen LogP contribution in [-0.2, 0) is 0 Å². The van der Waals surface area contributed by atoms with Gasteiger partial charge in [-0.25, -0.2) is 0 Å². The van der Waals surface area contributed by atoms with Gasteiger partial charge in [-0.3, -0.25) is 0 Å². The molecule has 1 N–H and O–H groups in total. The fraction of sp³-hybridized carbons (Fsp3) is 0.471. The number of aromatic amines is 1. The van der Waals surface area contributed by atoms with E-state index in [2.05, 4.69) is 51.0 Å². The Bertz CT molecular complexity index is 673. The topological polar surface area (TPSA) is 24.0 Å². The monoisotopic (exact) mass is 299 g/mol. The van der Waals surface area contributed by atoms with Gasteiger partial charge >= 0.3 is 0 Å². The van der Waals surface area contributed by atoms with Gasteiger partial charge in [0.25, 0.3) is 0 Å². The maximum Gasteiger partial charge on any atom is 0.177 e. The highest BCUT2D eigenvalue weighted by molar-refractivity contribution is 7.71. The van der Waals surface area contributed by atoms with Crippen LogP contribution in [0.15, 0.2) is 36.5 Å². The summed E-state index contributed by atoms with van der Waals surface area (Å²) in [5.74, 6) is 0. The molecule has 4 rings (SSSR count). The maximum atomic E-state index is 5.57. The molecule has 1 aromatic carbocycles. The van der Waals surface area contributed by atoms with Crippen molar-refractivity contribution in [2.45, 2.75) is 37.8 Å². The molecule has 2 saturated heterocycles. The van der Waals surface area contributed by atoms with Gasteiger partial charge in [-0.1, -0.05) is 30.3 Å². The van der Waals surface area contributed by atoms with Crippen molar-refractivity contribution in [3.63, 3.8) is 0 Å². The van der Waals surface area contributed by atoms with Crippen molar-refractivity contribution in [1.29, 1.82) is 0 Å². The summed E-state index contributed by atoms with van der Waals surface area (Å²) in [6.07, 6.45) is 7.24. The van der Waals surface area contributed by atoms with Gasteiger partial charge in [0.15, 0.2) is 4.77 Å². The Balaban J connectivity index is 1.69. The van der Waals surface area contributed by atoms with Gasteiger partial charge in [-0.2, -0.15) is 0 Å². The molecule has 110 valence electrons. The smallest absolute Gasteiger partial charge is 0.177 e. The highest BCUT2D eigenvalue weighted by Gasteiger charge is 2.33. The minimum atomic E-state index is 0.540. The van der Waals surface area contributed by atoms with Crippen molar-refractivity contribution in [2.24, 2.45) is 0 Å². The van der Waals surface area contributed by atoms with E-state index in [0.717, 1.165) is 10.8 Å². The molecular formula is C17H21N3S. The first-order valence-corrected chi connectivity index (χ1v) is 8.33. The largest absolute Gasteiger partial charge is 0.337 e. The van der Waals surface area contributed by atoms with Crippen LogP contribution in [0.2, 0.25) is 0 Å². The summed E-state index contributed by atoms with van der Waals surface area (Å²) in [4.78, 5) is 5.92. The lowest BCUT2D eigenvalue weighted by molar-refractivity contribution is 0.155. The number of hydrogen-bond donors (Lipinski definition) is 1. The highest BCUT2D eigenvalue weighted by atomic mass is 32.1. The van der Waals surface area contributed by atoms with E-state index >= 15 is 0 Å². The summed E-state index contributed by atoms with van der Waals surface area (Å²) in [6.45, 7) is 2.51. The molecule has 2 aliphatic heterocycles. The standard InChI is InChI=1S/C17H21N3S/c21-17-18-12-16(13-5-2-1-3-6-13)20(17)15-8-10-19-9-4-7-14(19)11-15/h1-3,5-6,12,14-15H,4,7-11H2,(H,18,21). The summed E-state index contributed by atoms with van der Waals surface area (Å²) < 4.78 is 3.23. The van der Waals surface area contributed by atoms with Crippen LogP contribution >= 0.6 is 12.2 Å². The SMILES string of the molecule is S=c1[nH]cc(-c2ccccc2)n1C1CCN2CCCC2C1. The number of benzene rings is 1. The summed E-state index contributed by atoms with van der Waals surface area (Å²) in [5.41, 5.74) is 2.48. The molecule has 0 bridgehead atoms. The third kappa shape index (κ3) is 2.36. The van der Waals surface area contributed by atoms with Gasteiger partial charge in [-0.05, 0) is 50.0 Å². The number of H-pyrrole nitrogens is 1. The number of nitrogens with zero attached hydrogens (tertiary/aromatic N) is 2. The number of fused-ring (bicyclic) bond motifs is 1. The molecule has 2 aliphatic rings. The Labute approximate surface area is 130 Å². The molecule has 0 spiro atoms. The quantitative estimate of drug-likeness (QED) is 0.847. The molecular weight excluding hydrogens is 278 g/mol. The first-order chi connectivity index (χ1) is 10.3. The molecule has 2 fully saturated rings. The zero-order valence-electron chi connectivity index (χ0n) is 12.2. The van der Waals surface area contributed by atoms with Gasteiger partial charge in [0.2, 0.25) is 0 Å². The lowest BCUT2D eigenvalue weighted by Gasteiger charge is -2.36. The van der Waals surface area contributed by atoms with E-state index in [-0.39, 0.29) is 0 Å². The molecule has 3 nitrogen and oxygen atoms in total. The molecule has 2 atom stereocenters. The van der Waals surface area contributed by atoms with Crippen molar-refractivity contribution in [3.05, 3.63) is 41.3 Å². The van der Waals surface area contributed by atoms with Gasteiger partial charge in [-0.15, -0.1) is 0 Å². The maximum absolute atomic E-state index is 5.57. The van der Waals surface area contributed by atoms with Gasteiger partial charge in [0.1, 0.15) is 0 Å². The van der Waals surface area contributed by atoms with E-state index in [9.17, 15) is 0 Å². The predicted octanol–water partition coefficient (Wildman–Crippen LogP) is 4.01. The lowest BCUT2D eigenvalue weighted by Crippen LogP contribution is -2.38. The Kier molecular flexibility index (Phi) is 3.43. The van der Waals surface area contributed by atoms with Gasteiger partial charge < -0.3 is 14.5 Å². The van der Waals surface area contributed by atoms with Crippen LogP contribution < -0.4 is 0 Å². The average Bonchev–Trinajstić information content (AvgIpc) is 3.13. The molecule has 0 amide bonds. The number of rotatable bonds is 2. The highest BCUT2D eigenvalue weighted by Crippen LogP contribution is 2.35. The van der Waals surface area contributed by atoms with E-state index in [1.165, 1.54) is 50.0 Å². The van der Waals surface area contributed by atoms with E-state index in [4.69, 9.17) is 12.2 Å². The third-order valence-corrected chi connectivity index (χ3v) is 5.35. The molecule has 1 aromatic heterocycles. The molecule has 2 unspecified atom stereocenters. The van der Waals surface area contributed by atoms with E-state index < -0.39 is 0 Å². The average molecular weight is 299 g/mol. The van der Waals surface area contributed by atoms with Crippen molar-refractivity contribution < 1.29 is 0 Å². The van der Waals surface area contributed by atoms with Crippen molar-refractivity contribution in [2.75, 3.05) is 13.1 Å². The second-order valence-electron chi connectivity index (χ2n) is 6.23. The Morgan fingerprint density at radius 1 is 1.05 bits per heavy atom. The van der Waals surface area contributed by atoms with E-state index in [1.54, 1.807) is 0 Å². The lowest BCUT2D eigenvalue weighted by atomic mass is 9.97. The third-order valence-electron chi connectivity index (χ3n) is 5.04. The minimum absolute atomic E-state index is 0.540. The van der Waals surface area contributed by atoms with Crippen molar-refractivity contribution in [1.82, 2.24) is 14.5 Å². The van der Waals surface area contributed by atoms with Gasteiger partial charge in [0, 0.05) is 24.8 Å².